The van der Waals surface area contributed by atoms with Crippen molar-refractivity contribution in [2.45, 2.75) is 45.4 Å². The number of nitrogens with zero attached hydrogens (tertiary/aromatic N) is 1. The molecule has 0 amide bonds. The van der Waals surface area contributed by atoms with Crippen LogP contribution in [0, 0.1) is 0 Å². The Hall–Kier alpha value is -0.130. The lowest BCUT2D eigenvalue weighted by Gasteiger charge is -2.11. The summed E-state index contributed by atoms with van der Waals surface area (Å²) in [4.78, 5) is 0. The fraction of sp³-hybridized carbons (Fsp3) is 1.00. The van der Waals surface area contributed by atoms with Crippen molar-refractivity contribution in [3.8, 4) is 0 Å². The maximum Gasteiger partial charge on any atom is 0.278 e. The number of rotatable bonds is 9. The van der Waals surface area contributed by atoms with Gasteiger partial charge < -0.3 is 0 Å². The molecule has 0 unspecified atom stereocenters. The van der Waals surface area contributed by atoms with Crippen LogP contribution in [0.2, 0.25) is 0 Å². The van der Waals surface area contributed by atoms with Gasteiger partial charge in [-0.15, -0.1) is 0 Å². The van der Waals surface area contributed by atoms with Crippen LogP contribution in [-0.4, -0.2) is 33.4 Å². The van der Waals surface area contributed by atoms with E-state index in [0.29, 0.717) is 6.54 Å². The maximum absolute atomic E-state index is 11.3. The van der Waals surface area contributed by atoms with Gasteiger partial charge in [0.15, 0.2) is 0 Å². The lowest BCUT2D eigenvalue weighted by Crippen LogP contribution is -2.36. The SMILES string of the molecule is CCCCCCCCNS(=O)(=O)N(C)C. The third-order valence-corrected chi connectivity index (χ3v) is 3.83. The van der Waals surface area contributed by atoms with Gasteiger partial charge in [-0.2, -0.15) is 12.7 Å². The van der Waals surface area contributed by atoms with Gasteiger partial charge in [0, 0.05) is 20.6 Å². The summed E-state index contributed by atoms with van der Waals surface area (Å²) in [7, 11) is -0.150. The van der Waals surface area contributed by atoms with Crippen LogP contribution in [0.25, 0.3) is 0 Å². The predicted octanol–water partition coefficient (Wildman–Crippen LogP) is 1.74. The van der Waals surface area contributed by atoms with Gasteiger partial charge in [0.1, 0.15) is 0 Å². The summed E-state index contributed by atoms with van der Waals surface area (Å²) in [5, 5.41) is 0. The summed E-state index contributed by atoms with van der Waals surface area (Å²) in [5.74, 6) is 0. The van der Waals surface area contributed by atoms with E-state index in [1.807, 2.05) is 0 Å². The van der Waals surface area contributed by atoms with Crippen LogP contribution >= 0.6 is 0 Å². The van der Waals surface area contributed by atoms with Crippen molar-refractivity contribution >= 4 is 10.2 Å². The third kappa shape index (κ3) is 7.76. The summed E-state index contributed by atoms with van der Waals surface area (Å²) >= 11 is 0. The fourth-order valence-corrected chi connectivity index (χ4v) is 1.90. The summed E-state index contributed by atoms with van der Waals surface area (Å²) in [6.45, 7) is 2.73. The van der Waals surface area contributed by atoms with E-state index in [-0.39, 0.29) is 0 Å². The van der Waals surface area contributed by atoms with E-state index in [4.69, 9.17) is 0 Å². The summed E-state index contributed by atoms with van der Waals surface area (Å²) < 4.78 is 26.3. The zero-order chi connectivity index (χ0) is 11.7. The van der Waals surface area contributed by atoms with Crippen molar-refractivity contribution in [1.29, 1.82) is 0 Å². The average Bonchev–Trinajstić information content (AvgIpc) is 2.16. The molecule has 15 heavy (non-hydrogen) atoms. The highest BCUT2D eigenvalue weighted by Crippen LogP contribution is 2.04. The molecule has 0 aromatic heterocycles. The Kier molecular flexibility index (Phi) is 8.00. The molecule has 0 saturated carbocycles. The van der Waals surface area contributed by atoms with Crippen LogP contribution in [0.4, 0.5) is 0 Å². The third-order valence-electron chi connectivity index (χ3n) is 2.30. The molecule has 0 atom stereocenters. The molecule has 0 aromatic rings. The van der Waals surface area contributed by atoms with Crippen LogP contribution in [0.1, 0.15) is 45.4 Å². The van der Waals surface area contributed by atoms with Gasteiger partial charge >= 0.3 is 0 Å². The summed E-state index contributed by atoms with van der Waals surface area (Å²) in [6, 6.07) is 0. The number of unbranched alkanes of at least 4 members (excludes halogenated alkanes) is 5. The van der Waals surface area contributed by atoms with Crippen LogP contribution in [0.3, 0.4) is 0 Å². The lowest BCUT2D eigenvalue weighted by molar-refractivity contribution is 0.501. The largest absolute Gasteiger partial charge is 0.278 e. The molecule has 0 rings (SSSR count). The fourth-order valence-electron chi connectivity index (χ4n) is 1.24. The van der Waals surface area contributed by atoms with Crippen LogP contribution in [0.5, 0.6) is 0 Å². The Bertz CT molecular complexity index is 238. The Balaban J connectivity index is 3.39. The number of hydrogen-bond acceptors (Lipinski definition) is 2. The first-order valence-electron chi connectivity index (χ1n) is 5.68. The highest BCUT2D eigenvalue weighted by molar-refractivity contribution is 7.87. The van der Waals surface area contributed by atoms with Gasteiger partial charge in [-0.1, -0.05) is 39.0 Å². The van der Waals surface area contributed by atoms with E-state index in [1.54, 1.807) is 0 Å². The van der Waals surface area contributed by atoms with Gasteiger partial charge in [-0.25, -0.2) is 4.72 Å². The maximum atomic E-state index is 11.3. The molecule has 0 aliphatic heterocycles. The molecule has 0 bridgehead atoms. The van der Waals surface area contributed by atoms with Crippen LogP contribution in [0.15, 0.2) is 0 Å². The number of hydrogen-bond donors (Lipinski definition) is 1. The molecule has 1 N–H and O–H groups in total. The van der Waals surface area contributed by atoms with E-state index in [1.165, 1.54) is 44.1 Å². The van der Waals surface area contributed by atoms with E-state index in [0.717, 1.165) is 12.8 Å². The molecule has 0 heterocycles. The predicted molar refractivity (Wildman–Crippen MR) is 64.0 cm³/mol. The van der Waals surface area contributed by atoms with Gasteiger partial charge in [-0.05, 0) is 6.42 Å². The lowest BCUT2D eigenvalue weighted by atomic mass is 10.1. The standard InChI is InChI=1S/C10H24N2O2S/c1-4-5-6-7-8-9-10-11-15(13,14)12(2)3/h11H,4-10H2,1-3H3. The first kappa shape index (κ1) is 14.9. The van der Waals surface area contributed by atoms with Crippen LogP contribution in [-0.2, 0) is 10.2 Å². The molecule has 0 aliphatic rings. The van der Waals surface area contributed by atoms with Crippen molar-refractivity contribution in [3.63, 3.8) is 0 Å². The Labute approximate surface area is 94.2 Å². The van der Waals surface area contributed by atoms with Crippen LogP contribution < -0.4 is 4.72 Å². The molecule has 0 radical (unpaired) electrons. The van der Waals surface area contributed by atoms with E-state index >= 15 is 0 Å². The molecular weight excluding hydrogens is 212 g/mol. The smallest absolute Gasteiger partial charge is 0.202 e. The molecular formula is C10H24N2O2S. The van der Waals surface area contributed by atoms with Crippen molar-refractivity contribution in [1.82, 2.24) is 9.03 Å². The molecule has 0 saturated heterocycles. The quantitative estimate of drug-likeness (QED) is 0.620. The summed E-state index contributed by atoms with van der Waals surface area (Å²) in [5.41, 5.74) is 0. The zero-order valence-electron chi connectivity index (χ0n) is 10.1. The Morgan fingerprint density at radius 1 is 1.00 bits per heavy atom. The van der Waals surface area contributed by atoms with Crippen molar-refractivity contribution in [2.75, 3.05) is 20.6 Å². The molecule has 4 nitrogen and oxygen atoms in total. The van der Waals surface area contributed by atoms with Crippen molar-refractivity contribution < 1.29 is 8.42 Å². The highest BCUT2D eigenvalue weighted by Gasteiger charge is 2.10. The minimum absolute atomic E-state index is 0.548. The molecule has 0 aliphatic carbocycles. The van der Waals surface area contributed by atoms with Gasteiger partial charge in [0.05, 0.1) is 0 Å². The first-order chi connectivity index (χ1) is 7.00. The highest BCUT2D eigenvalue weighted by atomic mass is 32.2. The molecule has 92 valence electrons. The van der Waals surface area contributed by atoms with E-state index in [2.05, 4.69) is 11.6 Å². The average molecular weight is 236 g/mol. The number of nitrogens with one attached hydrogen (secondary N) is 1. The zero-order valence-corrected chi connectivity index (χ0v) is 10.9. The Morgan fingerprint density at radius 2 is 1.53 bits per heavy atom. The topological polar surface area (TPSA) is 49.4 Å². The second-order valence-electron chi connectivity index (χ2n) is 3.95. The van der Waals surface area contributed by atoms with E-state index < -0.39 is 10.2 Å². The van der Waals surface area contributed by atoms with Crippen molar-refractivity contribution in [2.24, 2.45) is 0 Å². The molecule has 0 spiro atoms. The minimum atomic E-state index is -3.21. The minimum Gasteiger partial charge on any atom is -0.202 e. The van der Waals surface area contributed by atoms with Gasteiger partial charge in [0.25, 0.3) is 10.2 Å². The monoisotopic (exact) mass is 236 g/mol. The molecule has 0 aromatic carbocycles. The second-order valence-corrected chi connectivity index (χ2v) is 5.92. The first-order valence-corrected chi connectivity index (χ1v) is 7.12. The normalized spacial score (nSPS) is 12.3. The molecule has 5 heteroatoms. The van der Waals surface area contributed by atoms with Gasteiger partial charge in [-0.3, -0.25) is 0 Å². The summed E-state index contributed by atoms with van der Waals surface area (Å²) in [6.07, 6.45) is 7.03. The van der Waals surface area contributed by atoms with Crippen molar-refractivity contribution in [3.05, 3.63) is 0 Å². The molecule has 0 fully saturated rings. The Morgan fingerprint density at radius 3 is 2.07 bits per heavy atom. The van der Waals surface area contributed by atoms with E-state index in [9.17, 15) is 8.42 Å². The second kappa shape index (κ2) is 8.07. The van der Waals surface area contributed by atoms with Gasteiger partial charge in [0.2, 0.25) is 0 Å².